The van der Waals surface area contributed by atoms with Gasteiger partial charge in [-0.05, 0) is 29.8 Å². The summed E-state index contributed by atoms with van der Waals surface area (Å²) in [4.78, 5) is 0. The second kappa shape index (κ2) is 3.53. The third-order valence-corrected chi connectivity index (χ3v) is 3.58. The predicted molar refractivity (Wildman–Crippen MR) is 74.9 cm³/mol. The van der Waals surface area contributed by atoms with Crippen molar-refractivity contribution >= 4 is 34.5 Å². The number of allylic oxidation sites excluding steroid dienone is 2. The Morgan fingerprint density at radius 1 is 1.22 bits per heavy atom. The molecule has 88 valence electrons. The van der Waals surface area contributed by atoms with Crippen LogP contribution in [0.25, 0.3) is 17.0 Å². The molecule has 3 heteroatoms. The maximum absolute atomic E-state index is 6.05. The van der Waals surface area contributed by atoms with Crippen LogP contribution in [0, 0.1) is 0 Å². The van der Waals surface area contributed by atoms with Gasteiger partial charge in [0, 0.05) is 16.0 Å². The second-order valence-electron chi connectivity index (χ2n) is 4.50. The molecule has 4 rings (SSSR count). The van der Waals surface area contributed by atoms with Crippen LogP contribution in [0.2, 0.25) is 5.02 Å². The molecule has 1 aliphatic heterocycles. The molecule has 1 aromatic carbocycles. The van der Waals surface area contributed by atoms with Crippen LogP contribution in [0.15, 0.2) is 52.5 Å². The molecule has 0 radical (unpaired) electrons. The normalized spacial score (nSPS) is 20.3. The molecule has 1 aliphatic carbocycles. The van der Waals surface area contributed by atoms with Gasteiger partial charge in [-0.1, -0.05) is 35.9 Å². The number of furan rings is 1. The molecule has 2 aliphatic rings. The molecule has 18 heavy (non-hydrogen) atoms. The van der Waals surface area contributed by atoms with Crippen molar-refractivity contribution in [2.24, 2.45) is 0 Å². The van der Waals surface area contributed by atoms with E-state index in [1.54, 1.807) is 0 Å². The summed E-state index contributed by atoms with van der Waals surface area (Å²) in [6.45, 7) is 0. The van der Waals surface area contributed by atoms with Gasteiger partial charge in [-0.3, -0.25) is 0 Å². The first-order valence-corrected chi connectivity index (χ1v) is 6.24. The molecule has 0 fully saturated rings. The molecule has 0 amide bonds. The van der Waals surface area contributed by atoms with Crippen LogP contribution in [0.3, 0.4) is 0 Å². The van der Waals surface area contributed by atoms with E-state index in [-0.39, 0.29) is 6.04 Å². The first-order valence-electron chi connectivity index (χ1n) is 5.86. The van der Waals surface area contributed by atoms with Gasteiger partial charge in [0.15, 0.2) is 0 Å². The molecular weight excluding hydrogens is 246 g/mol. The summed E-state index contributed by atoms with van der Waals surface area (Å²) in [5.74, 6) is 0.820. The molecule has 0 bridgehead atoms. The molecule has 2 heterocycles. The van der Waals surface area contributed by atoms with E-state index in [4.69, 9.17) is 16.0 Å². The quantitative estimate of drug-likeness (QED) is 0.755. The number of hydrogen-bond donors (Lipinski definition) is 1. The number of nitrogens with one attached hydrogen (secondary N) is 1. The fourth-order valence-corrected chi connectivity index (χ4v) is 2.65. The third kappa shape index (κ3) is 1.36. The van der Waals surface area contributed by atoms with Gasteiger partial charge in [0.2, 0.25) is 5.88 Å². The van der Waals surface area contributed by atoms with Gasteiger partial charge in [0.25, 0.3) is 0 Å². The standard InChI is InChI=1S/C15H10ClNO/c16-10-5-6-14-11(8-10)12-7-9-3-1-2-4-13(9)17-15(12)18-14/h1-8,13,17H. The van der Waals surface area contributed by atoms with Crippen LogP contribution in [0.1, 0.15) is 5.56 Å². The fraction of sp³-hybridized carbons (Fsp3) is 0.0667. The fourth-order valence-electron chi connectivity index (χ4n) is 2.47. The van der Waals surface area contributed by atoms with Gasteiger partial charge < -0.3 is 9.73 Å². The lowest BCUT2D eigenvalue weighted by Crippen LogP contribution is -2.22. The molecule has 1 atom stereocenters. The van der Waals surface area contributed by atoms with Crippen molar-refractivity contribution in [1.82, 2.24) is 0 Å². The third-order valence-electron chi connectivity index (χ3n) is 3.35. The number of fused-ring (bicyclic) bond motifs is 4. The predicted octanol–water partition coefficient (Wildman–Crippen LogP) is 4.39. The Balaban J connectivity index is 1.99. The Hall–Kier alpha value is -1.93. The van der Waals surface area contributed by atoms with Crippen molar-refractivity contribution in [3.63, 3.8) is 0 Å². The first kappa shape index (κ1) is 10.0. The Bertz CT molecular complexity index is 736. The minimum atomic E-state index is 0.207. The molecule has 1 aromatic heterocycles. The molecule has 2 nitrogen and oxygen atoms in total. The summed E-state index contributed by atoms with van der Waals surface area (Å²) in [6, 6.07) is 5.91. The zero-order valence-corrected chi connectivity index (χ0v) is 10.2. The van der Waals surface area contributed by atoms with Crippen molar-refractivity contribution in [3.05, 3.63) is 58.7 Å². The Morgan fingerprint density at radius 3 is 3.11 bits per heavy atom. The van der Waals surface area contributed by atoms with Gasteiger partial charge in [0.1, 0.15) is 5.58 Å². The summed E-state index contributed by atoms with van der Waals surface area (Å²) in [5.41, 5.74) is 3.19. The van der Waals surface area contributed by atoms with E-state index >= 15 is 0 Å². The first-order chi connectivity index (χ1) is 8.81. The number of benzene rings is 1. The number of hydrogen-bond acceptors (Lipinski definition) is 2. The minimum Gasteiger partial charge on any atom is -0.440 e. The molecule has 1 unspecified atom stereocenters. The Morgan fingerprint density at radius 2 is 2.17 bits per heavy atom. The van der Waals surface area contributed by atoms with Crippen molar-refractivity contribution in [1.29, 1.82) is 0 Å². The van der Waals surface area contributed by atoms with Crippen molar-refractivity contribution in [2.75, 3.05) is 5.32 Å². The zero-order valence-electron chi connectivity index (χ0n) is 9.48. The largest absolute Gasteiger partial charge is 0.440 e. The highest BCUT2D eigenvalue weighted by Gasteiger charge is 2.23. The average Bonchev–Trinajstić information content (AvgIpc) is 2.73. The zero-order chi connectivity index (χ0) is 12.1. The summed E-state index contributed by atoms with van der Waals surface area (Å²) >= 11 is 6.05. The monoisotopic (exact) mass is 255 g/mol. The van der Waals surface area contributed by atoms with Gasteiger partial charge in [-0.25, -0.2) is 0 Å². The summed E-state index contributed by atoms with van der Waals surface area (Å²) in [5, 5.41) is 5.17. The van der Waals surface area contributed by atoms with E-state index < -0.39 is 0 Å². The van der Waals surface area contributed by atoms with Crippen LogP contribution in [-0.2, 0) is 0 Å². The minimum absolute atomic E-state index is 0.207. The topological polar surface area (TPSA) is 25.2 Å². The van der Waals surface area contributed by atoms with Crippen molar-refractivity contribution in [2.45, 2.75) is 6.04 Å². The van der Waals surface area contributed by atoms with Crippen molar-refractivity contribution < 1.29 is 4.42 Å². The lowest BCUT2D eigenvalue weighted by molar-refractivity contribution is 0.622. The second-order valence-corrected chi connectivity index (χ2v) is 4.93. The Kier molecular flexibility index (Phi) is 1.97. The average molecular weight is 256 g/mol. The highest BCUT2D eigenvalue weighted by molar-refractivity contribution is 6.31. The molecule has 0 saturated carbocycles. The lowest BCUT2D eigenvalue weighted by Gasteiger charge is -2.22. The highest BCUT2D eigenvalue weighted by Crippen LogP contribution is 2.38. The van der Waals surface area contributed by atoms with E-state index in [0.29, 0.717) is 0 Å². The van der Waals surface area contributed by atoms with Crippen LogP contribution in [0.4, 0.5) is 5.88 Å². The van der Waals surface area contributed by atoms with E-state index in [2.05, 4.69) is 23.5 Å². The van der Waals surface area contributed by atoms with E-state index in [9.17, 15) is 0 Å². The van der Waals surface area contributed by atoms with E-state index in [1.165, 1.54) is 5.57 Å². The number of anilines is 1. The molecule has 2 aromatic rings. The maximum Gasteiger partial charge on any atom is 0.202 e. The molecule has 0 spiro atoms. The van der Waals surface area contributed by atoms with Crippen LogP contribution >= 0.6 is 11.6 Å². The highest BCUT2D eigenvalue weighted by atomic mass is 35.5. The van der Waals surface area contributed by atoms with Gasteiger partial charge in [-0.15, -0.1) is 0 Å². The van der Waals surface area contributed by atoms with Gasteiger partial charge >= 0.3 is 0 Å². The number of halogens is 1. The molecular formula is C15H10ClNO. The summed E-state index contributed by atoms with van der Waals surface area (Å²) in [6.07, 6.45) is 10.5. The smallest absolute Gasteiger partial charge is 0.202 e. The van der Waals surface area contributed by atoms with Crippen LogP contribution in [-0.4, -0.2) is 6.04 Å². The van der Waals surface area contributed by atoms with E-state index in [1.807, 2.05) is 30.4 Å². The van der Waals surface area contributed by atoms with Gasteiger partial charge in [-0.2, -0.15) is 0 Å². The SMILES string of the molecule is Clc1ccc2oc3c(c2c1)C=C1C=CC=CC1N3. The lowest BCUT2D eigenvalue weighted by atomic mass is 9.96. The number of rotatable bonds is 0. The summed E-state index contributed by atoms with van der Waals surface area (Å²) < 4.78 is 5.82. The Labute approximate surface area is 109 Å². The molecule has 0 saturated heterocycles. The van der Waals surface area contributed by atoms with Crippen molar-refractivity contribution in [3.8, 4) is 0 Å². The maximum atomic E-state index is 6.05. The van der Waals surface area contributed by atoms with Crippen LogP contribution < -0.4 is 5.32 Å². The van der Waals surface area contributed by atoms with Gasteiger partial charge in [0.05, 0.1) is 6.04 Å². The summed E-state index contributed by atoms with van der Waals surface area (Å²) in [7, 11) is 0. The van der Waals surface area contributed by atoms with Crippen LogP contribution in [0.5, 0.6) is 0 Å². The molecule has 1 N–H and O–H groups in total. The van der Waals surface area contributed by atoms with E-state index in [0.717, 1.165) is 27.4 Å².